The van der Waals surface area contributed by atoms with Crippen molar-refractivity contribution in [2.24, 2.45) is 0 Å². The Bertz CT molecular complexity index is 1310. The zero-order chi connectivity index (χ0) is 21.2. The van der Waals surface area contributed by atoms with E-state index >= 15 is 0 Å². The van der Waals surface area contributed by atoms with E-state index in [0.717, 1.165) is 58.6 Å². The van der Waals surface area contributed by atoms with Crippen LogP contribution in [-0.2, 0) is 22.4 Å². The summed E-state index contributed by atoms with van der Waals surface area (Å²) >= 11 is 0. The van der Waals surface area contributed by atoms with Gasteiger partial charge in [-0.25, -0.2) is 4.79 Å². The van der Waals surface area contributed by atoms with Gasteiger partial charge in [0.1, 0.15) is 0 Å². The monoisotopic (exact) mass is 410 g/mol. The number of nitrogens with one attached hydrogen (secondary N) is 1. The molecule has 0 bridgehead atoms. The summed E-state index contributed by atoms with van der Waals surface area (Å²) in [6.07, 6.45) is 3.76. The molecule has 0 radical (unpaired) electrons. The number of fused-ring (bicyclic) bond motifs is 3. The summed E-state index contributed by atoms with van der Waals surface area (Å²) < 4.78 is 5.47. The van der Waals surface area contributed by atoms with Crippen LogP contribution in [0, 0.1) is 0 Å². The molecule has 31 heavy (non-hydrogen) atoms. The van der Waals surface area contributed by atoms with Gasteiger partial charge in [-0.2, -0.15) is 0 Å². The fourth-order valence-corrected chi connectivity index (χ4v) is 4.33. The van der Waals surface area contributed by atoms with Crippen LogP contribution in [0.5, 0.6) is 0 Å². The van der Waals surface area contributed by atoms with Crippen molar-refractivity contribution in [3.05, 3.63) is 83.6 Å². The van der Waals surface area contributed by atoms with Crippen LogP contribution in [0.25, 0.3) is 21.7 Å². The second-order valence-electron chi connectivity index (χ2n) is 7.79. The summed E-state index contributed by atoms with van der Waals surface area (Å²) in [5.74, 6) is -0.832. The standard InChI is InChI=1S/C26H22N2O3/c29-24(28-21-15-7-9-17-8-1-2-10-18(17)21)16-31-26(30)25-19-11-3-5-13-22(19)27-23-14-6-4-12-20(23)25/h1-3,5,7-11,13,15H,4,6,12,14,16H2,(H,28,29). The van der Waals surface area contributed by atoms with Gasteiger partial charge in [0.05, 0.1) is 11.1 Å². The molecule has 0 fully saturated rings. The average molecular weight is 410 g/mol. The Hall–Kier alpha value is -3.73. The molecule has 5 nitrogen and oxygen atoms in total. The minimum Gasteiger partial charge on any atom is -0.452 e. The Kier molecular flexibility index (Phi) is 5.08. The third-order valence-electron chi connectivity index (χ3n) is 5.77. The van der Waals surface area contributed by atoms with Gasteiger partial charge in [-0.3, -0.25) is 9.78 Å². The number of rotatable bonds is 4. The van der Waals surface area contributed by atoms with E-state index in [2.05, 4.69) is 5.32 Å². The maximum absolute atomic E-state index is 13.1. The Morgan fingerprint density at radius 2 is 1.61 bits per heavy atom. The molecule has 5 heteroatoms. The fourth-order valence-electron chi connectivity index (χ4n) is 4.33. The number of aryl methyl sites for hydroxylation is 1. The number of anilines is 1. The Labute approximate surface area is 180 Å². The Morgan fingerprint density at radius 3 is 2.52 bits per heavy atom. The zero-order valence-electron chi connectivity index (χ0n) is 17.1. The van der Waals surface area contributed by atoms with Gasteiger partial charge in [-0.05, 0) is 48.8 Å². The van der Waals surface area contributed by atoms with Crippen LogP contribution in [0.15, 0.2) is 66.7 Å². The highest BCUT2D eigenvalue weighted by Gasteiger charge is 2.24. The highest BCUT2D eigenvalue weighted by Crippen LogP contribution is 2.30. The molecule has 4 aromatic rings. The molecule has 1 heterocycles. The van der Waals surface area contributed by atoms with Crippen molar-refractivity contribution in [3.8, 4) is 0 Å². The van der Waals surface area contributed by atoms with Crippen molar-refractivity contribution >= 4 is 39.2 Å². The van der Waals surface area contributed by atoms with Crippen LogP contribution >= 0.6 is 0 Å². The number of aromatic nitrogens is 1. The molecule has 0 unspecified atom stereocenters. The Balaban J connectivity index is 1.37. The SMILES string of the molecule is O=C(COC(=O)c1c2c(nc3ccccc13)CCCC2)Nc1cccc2ccccc12. The zero-order valence-corrected chi connectivity index (χ0v) is 17.1. The summed E-state index contributed by atoms with van der Waals surface area (Å²) in [5.41, 5.74) is 3.97. The van der Waals surface area contributed by atoms with E-state index in [4.69, 9.17) is 9.72 Å². The second kappa shape index (κ2) is 8.19. The lowest BCUT2D eigenvalue weighted by Crippen LogP contribution is -2.22. The van der Waals surface area contributed by atoms with Gasteiger partial charge < -0.3 is 10.1 Å². The van der Waals surface area contributed by atoms with Gasteiger partial charge in [-0.1, -0.05) is 54.6 Å². The number of pyridine rings is 1. The van der Waals surface area contributed by atoms with Crippen LogP contribution in [-0.4, -0.2) is 23.5 Å². The first kappa shape index (κ1) is 19.2. The minimum absolute atomic E-state index is 0.340. The highest BCUT2D eigenvalue weighted by molar-refractivity contribution is 6.07. The molecule has 1 aliphatic rings. The summed E-state index contributed by atoms with van der Waals surface area (Å²) in [6.45, 7) is -0.340. The first-order valence-electron chi connectivity index (χ1n) is 10.6. The van der Waals surface area contributed by atoms with Crippen LogP contribution in [0.1, 0.15) is 34.5 Å². The average Bonchev–Trinajstić information content (AvgIpc) is 2.81. The van der Waals surface area contributed by atoms with E-state index in [1.54, 1.807) is 0 Å². The van der Waals surface area contributed by atoms with Crippen molar-refractivity contribution in [3.63, 3.8) is 0 Å². The van der Waals surface area contributed by atoms with Gasteiger partial charge in [0.2, 0.25) is 0 Å². The van der Waals surface area contributed by atoms with Gasteiger partial charge in [-0.15, -0.1) is 0 Å². The number of amides is 1. The maximum Gasteiger partial charge on any atom is 0.339 e. The van der Waals surface area contributed by atoms with Gasteiger partial charge in [0.15, 0.2) is 6.61 Å². The van der Waals surface area contributed by atoms with Crippen molar-refractivity contribution in [1.29, 1.82) is 0 Å². The largest absolute Gasteiger partial charge is 0.452 e. The van der Waals surface area contributed by atoms with Crippen LogP contribution in [0.3, 0.4) is 0 Å². The molecule has 154 valence electrons. The molecule has 0 saturated heterocycles. The Morgan fingerprint density at radius 1 is 0.871 bits per heavy atom. The third kappa shape index (κ3) is 3.75. The molecule has 0 spiro atoms. The lowest BCUT2D eigenvalue weighted by molar-refractivity contribution is -0.119. The molecule has 0 saturated carbocycles. The van der Waals surface area contributed by atoms with Gasteiger partial charge in [0.25, 0.3) is 5.91 Å². The predicted molar refractivity (Wildman–Crippen MR) is 121 cm³/mol. The van der Waals surface area contributed by atoms with Crippen LogP contribution < -0.4 is 5.32 Å². The van der Waals surface area contributed by atoms with E-state index < -0.39 is 5.97 Å². The topological polar surface area (TPSA) is 68.3 Å². The fraction of sp³-hybridized carbons (Fsp3) is 0.192. The summed E-state index contributed by atoms with van der Waals surface area (Å²) in [6, 6.07) is 21.1. The molecule has 1 aliphatic carbocycles. The summed E-state index contributed by atoms with van der Waals surface area (Å²) in [5, 5.41) is 5.62. The van der Waals surface area contributed by atoms with E-state index in [-0.39, 0.29) is 12.5 Å². The van der Waals surface area contributed by atoms with Crippen molar-refractivity contribution < 1.29 is 14.3 Å². The smallest absolute Gasteiger partial charge is 0.339 e. The highest BCUT2D eigenvalue weighted by atomic mass is 16.5. The molecule has 1 N–H and O–H groups in total. The van der Waals surface area contributed by atoms with E-state index in [9.17, 15) is 9.59 Å². The quantitative estimate of drug-likeness (QED) is 0.478. The molecule has 1 amide bonds. The van der Waals surface area contributed by atoms with Crippen molar-refractivity contribution in [1.82, 2.24) is 4.98 Å². The van der Waals surface area contributed by atoms with Crippen LogP contribution in [0.2, 0.25) is 0 Å². The number of para-hydroxylation sites is 1. The van der Waals surface area contributed by atoms with Crippen molar-refractivity contribution in [2.75, 3.05) is 11.9 Å². The number of carbonyl (C=O) groups excluding carboxylic acids is 2. The molecule has 0 aliphatic heterocycles. The minimum atomic E-state index is -0.468. The molecular formula is C26H22N2O3. The maximum atomic E-state index is 13.1. The van der Waals surface area contributed by atoms with E-state index in [1.165, 1.54) is 0 Å². The first-order chi connectivity index (χ1) is 15.2. The third-order valence-corrected chi connectivity index (χ3v) is 5.77. The number of nitrogens with zero attached hydrogens (tertiary/aromatic N) is 1. The summed E-state index contributed by atoms with van der Waals surface area (Å²) in [4.78, 5) is 30.4. The predicted octanol–water partition coefficient (Wildman–Crippen LogP) is 5.06. The number of carbonyl (C=O) groups is 2. The molecule has 1 aromatic heterocycles. The molecule has 0 atom stereocenters. The number of esters is 1. The lowest BCUT2D eigenvalue weighted by atomic mass is 9.90. The molecule has 5 rings (SSSR count). The molecule has 3 aromatic carbocycles. The second-order valence-corrected chi connectivity index (χ2v) is 7.79. The number of benzene rings is 3. The van der Waals surface area contributed by atoms with E-state index in [1.807, 2.05) is 66.7 Å². The summed E-state index contributed by atoms with van der Waals surface area (Å²) in [7, 11) is 0. The van der Waals surface area contributed by atoms with Gasteiger partial charge >= 0.3 is 5.97 Å². The van der Waals surface area contributed by atoms with Crippen LogP contribution in [0.4, 0.5) is 5.69 Å². The number of hydrogen-bond donors (Lipinski definition) is 1. The lowest BCUT2D eigenvalue weighted by Gasteiger charge is -2.20. The number of ether oxygens (including phenoxy) is 1. The first-order valence-corrected chi connectivity index (χ1v) is 10.6. The van der Waals surface area contributed by atoms with Gasteiger partial charge in [0, 0.05) is 22.2 Å². The van der Waals surface area contributed by atoms with E-state index in [0.29, 0.717) is 11.3 Å². The van der Waals surface area contributed by atoms with Crippen molar-refractivity contribution in [2.45, 2.75) is 25.7 Å². The normalized spacial score (nSPS) is 13.0. The molecular weight excluding hydrogens is 388 g/mol. The number of hydrogen-bond acceptors (Lipinski definition) is 4.